The monoisotopic (exact) mass is 497 g/mol. The number of carbonyl (C=O) groups is 1. The average Bonchev–Trinajstić information content (AvgIpc) is 3.22. The van der Waals surface area contributed by atoms with Gasteiger partial charge in [0.2, 0.25) is 5.91 Å². The van der Waals surface area contributed by atoms with Gasteiger partial charge < -0.3 is 14.6 Å². The Kier molecular flexibility index (Phi) is 8.99. The van der Waals surface area contributed by atoms with Crippen LogP contribution in [0.1, 0.15) is 60.7 Å². The molecule has 37 heavy (non-hydrogen) atoms. The standard InChI is InChI=1S/C32H39N3O2/c1-23(2)27-16-15-24(3)21-30(27)37-20-10-9-19-35-29-14-8-7-13-28(29)34-31(35)17-18-33-32(36)22-26-12-6-5-11-25(26)4/h5-8,11-16,21,23H,9-10,17-20,22H2,1-4H3,(H,33,36). The molecule has 0 saturated heterocycles. The van der Waals surface area contributed by atoms with Gasteiger partial charge in [0.15, 0.2) is 0 Å². The SMILES string of the molecule is Cc1ccc(C(C)C)c(OCCCCn2c(CCNC(=O)Cc3ccccc3C)nc3ccccc32)c1. The first-order valence-corrected chi connectivity index (χ1v) is 13.4. The summed E-state index contributed by atoms with van der Waals surface area (Å²) < 4.78 is 8.49. The lowest BCUT2D eigenvalue weighted by Crippen LogP contribution is -2.28. The largest absolute Gasteiger partial charge is 0.493 e. The number of amides is 1. The first-order chi connectivity index (χ1) is 17.9. The van der Waals surface area contributed by atoms with E-state index in [1.165, 1.54) is 11.1 Å². The first kappa shape index (κ1) is 26.5. The molecule has 0 spiro atoms. The van der Waals surface area contributed by atoms with Crippen molar-refractivity contribution in [2.24, 2.45) is 0 Å². The second-order valence-corrected chi connectivity index (χ2v) is 10.1. The molecule has 0 aliphatic carbocycles. The highest BCUT2D eigenvalue weighted by atomic mass is 16.5. The highest BCUT2D eigenvalue weighted by Crippen LogP contribution is 2.27. The molecule has 4 rings (SSSR count). The zero-order chi connectivity index (χ0) is 26.2. The molecule has 0 saturated carbocycles. The van der Waals surface area contributed by atoms with Gasteiger partial charge in [0.1, 0.15) is 11.6 Å². The van der Waals surface area contributed by atoms with Crippen molar-refractivity contribution in [2.45, 2.75) is 65.8 Å². The molecule has 0 unspecified atom stereocenters. The molecule has 5 heteroatoms. The van der Waals surface area contributed by atoms with Crippen LogP contribution in [0.25, 0.3) is 11.0 Å². The maximum atomic E-state index is 12.5. The molecule has 3 aromatic carbocycles. The summed E-state index contributed by atoms with van der Waals surface area (Å²) in [5.74, 6) is 2.50. The lowest BCUT2D eigenvalue weighted by atomic mass is 10.0. The summed E-state index contributed by atoms with van der Waals surface area (Å²) in [6.07, 6.45) is 3.06. The van der Waals surface area contributed by atoms with Gasteiger partial charge >= 0.3 is 0 Å². The van der Waals surface area contributed by atoms with Crippen molar-refractivity contribution in [3.8, 4) is 5.75 Å². The summed E-state index contributed by atoms with van der Waals surface area (Å²) in [4.78, 5) is 17.4. The topological polar surface area (TPSA) is 56.1 Å². The molecular formula is C32H39N3O2. The zero-order valence-electron chi connectivity index (χ0n) is 22.6. The number of rotatable bonds is 12. The second kappa shape index (κ2) is 12.6. The van der Waals surface area contributed by atoms with Crippen molar-refractivity contribution < 1.29 is 9.53 Å². The smallest absolute Gasteiger partial charge is 0.224 e. The van der Waals surface area contributed by atoms with E-state index in [2.05, 4.69) is 67.1 Å². The normalized spacial score (nSPS) is 11.3. The number of nitrogens with zero attached hydrogens (tertiary/aromatic N) is 2. The number of hydrogen-bond acceptors (Lipinski definition) is 3. The van der Waals surface area contributed by atoms with Crippen LogP contribution in [0.15, 0.2) is 66.7 Å². The molecule has 5 nitrogen and oxygen atoms in total. The Morgan fingerprint density at radius 3 is 2.59 bits per heavy atom. The van der Waals surface area contributed by atoms with Crippen molar-refractivity contribution in [1.82, 2.24) is 14.9 Å². The van der Waals surface area contributed by atoms with E-state index >= 15 is 0 Å². The molecule has 0 radical (unpaired) electrons. The number of nitrogens with one attached hydrogen (secondary N) is 1. The Hall–Kier alpha value is -3.60. The molecule has 0 bridgehead atoms. The predicted molar refractivity (Wildman–Crippen MR) is 151 cm³/mol. The fraction of sp³-hybridized carbons (Fsp3) is 0.375. The van der Waals surface area contributed by atoms with Crippen molar-refractivity contribution in [2.75, 3.05) is 13.2 Å². The first-order valence-electron chi connectivity index (χ1n) is 13.4. The van der Waals surface area contributed by atoms with E-state index in [0.717, 1.165) is 53.1 Å². The lowest BCUT2D eigenvalue weighted by molar-refractivity contribution is -0.120. The number of fused-ring (bicyclic) bond motifs is 1. The van der Waals surface area contributed by atoms with E-state index in [9.17, 15) is 4.79 Å². The van der Waals surface area contributed by atoms with Gasteiger partial charge in [0, 0.05) is 19.5 Å². The number of imidazole rings is 1. The third kappa shape index (κ3) is 7.00. The summed E-state index contributed by atoms with van der Waals surface area (Å²) in [5.41, 5.74) is 6.84. The molecule has 0 fully saturated rings. The number of para-hydroxylation sites is 2. The van der Waals surface area contributed by atoms with Crippen molar-refractivity contribution in [3.63, 3.8) is 0 Å². The number of unbranched alkanes of at least 4 members (excludes halogenated alkanes) is 1. The van der Waals surface area contributed by atoms with Gasteiger partial charge in [0.25, 0.3) is 0 Å². The average molecular weight is 498 g/mol. The number of carbonyl (C=O) groups excluding carboxylic acids is 1. The minimum Gasteiger partial charge on any atom is -0.493 e. The van der Waals surface area contributed by atoms with Gasteiger partial charge in [-0.15, -0.1) is 0 Å². The van der Waals surface area contributed by atoms with Gasteiger partial charge in [-0.1, -0.05) is 62.4 Å². The van der Waals surface area contributed by atoms with Gasteiger partial charge in [-0.3, -0.25) is 4.79 Å². The van der Waals surface area contributed by atoms with Gasteiger partial charge in [0.05, 0.1) is 24.1 Å². The molecule has 1 N–H and O–H groups in total. The predicted octanol–water partition coefficient (Wildman–Crippen LogP) is 6.54. The molecule has 194 valence electrons. The number of ether oxygens (including phenoxy) is 1. The molecule has 0 aliphatic heterocycles. The van der Waals surface area contributed by atoms with Gasteiger partial charge in [-0.25, -0.2) is 4.98 Å². The Morgan fingerprint density at radius 2 is 1.78 bits per heavy atom. The zero-order valence-corrected chi connectivity index (χ0v) is 22.6. The maximum absolute atomic E-state index is 12.5. The maximum Gasteiger partial charge on any atom is 0.224 e. The Balaban J connectivity index is 1.32. The van der Waals surface area contributed by atoms with Crippen LogP contribution in [0.3, 0.4) is 0 Å². The minimum absolute atomic E-state index is 0.0472. The molecule has 1 aromatic heterocycles. The number of aromatic nitrogens is 2. The van der Waals surface area contributed by atoms with E-state index in [1.807, 2.05) is 37.3 Å². The van der Waals surface area contributed by atoms with Crippen LogP contribution in [0, 0.1) is 13.8 Å². The fourth-order valence-electron chi connectivity index (χ4n) is 4.72. The number of hydrogen-bond donors (Lipinski definition) is 1. The van der Waals surface area contributed by atoms with Crippen LogP contribution >= 0.6 is 0 Å². The highest BCUT2D eigenvalue weighted by molar-refractivity contribution is 5.79. The Morgan fingerprint density at radius 1 is 1.00 bits per heavy atom. The number of benzene rings is 3. The molecular weight excluding hydrogens is 458 g/mol. The summed E-state index contributed by atoms with van der Waals surface area (Å²) in [6.45, 7) is 10.7. The van der Waals surface area contributed by atoms with Crippen LogP contribution in [0.4, 0.5) is 0 Å². The summed E-state index contributed by atoms with van der Waals surface area (Å²) in [5, 5.41) is 3.08. The van der Waals surface area contributed by atoms with Crippen molar-refractivity contribution >= 4 is 16.9 Å². The molecule has 4 aromatic rings. The lowest BCUT2D eigenvalue weighted by Gasteiger charge is -2.15. The van der Waals surface area contributed by atoms with E-state index in [1.54, 1.807) is 0 Å². The molecule has 0 aliphatic rings. The third-order valence-corrected chi connectivity index (χ3v) is 6.84. The summed E-state index contributed by atoms with van der Waals surface area (Å²) >= 11 is 0. The fourth-order valence-corrected chi connectivity index (χ4v) is 4.72. The van der Waals surface area contributed by atoms with Crippen LogP contribution < -0.4 is 10.1 Å². The Bertz CT molecular complexity index is 1340. The van der Waals surface area contributed by atoms with E-state index in [4.69, 9.17) is 9.72 Å². The summed E-state index contributed by atoms with van der Waals surface area (Å²) in [6, 6.07) is 22.8. The van der Waals surface area contributed by atoms with E-state index in [-0.39, 0.29) is 5.91 Å². The summed E-state index contributed by atoms with van der Waals surface area (Å²) in [7, 11) is 0. The molecule has 1 heterocycles. The third-order valence-electron chi connectivity index (χ3n) is 6.84. The second-order valence-electron chi connectivity index (χ2n) is 10.1. The quantitative estimate of drug-likeness (QED) is 0.226. The number of aryl methyl sites for hydroxylation is 3. The minimum atomic E-state index is 0.0472. The van der Waals surface area contributed by atoms with Gasteiger partial charge in [-0.2, -0.15) is 0 Å². The molecule has 1 amide bonds. The van der Waals surface area contributed by atoms with E-state index in [0.29, 0.717) is 31.9 Å². The van der Waals surface area contributed by atoms with Crippen LogP contribution in [0.5, 0.6) is 5.75 Å². The van der Waals surface area contributed by atoms with Gasteiger partial charge in [-0.05, 0) is 73.1 Å². The van der Waals surface area contributed by atoms with Crippen LogP contribution in [0.2, 0.25) is 0 Å². The Labute approximate surface area is 220 Å². The van der Waals surface area contributed by atoms with Crippen molar-refractivity contribution in [1.29, 1.82) is 0 Å². The van der Waals surface area contributed by atoms with Crippen LogP contribution in [-0.4, -0.2) is 28.6 Å². The van der Waals surface area contributed by atoms with E-state index < -0.39 is 0 Å². The molecule has 0 atom stereocenters. The van der Waals surface area contributed by atoms with Crippen LogP contribution in [-0.2, 0) is 24.2 Å². The highest BCUT2D eigenvalue weighted by Gasteiger charge is 2.12. The van der Waals surface area contributed by atoms with Crippen molar-refractivity contribution in [3.05, 3.63) is 94.8 Å².